The van der Waals surface area contributed by atoms with E-state index in [0.29, 0.717) is 11.5 Å². The van der Waals surface area contributed by atoms with Crippen LogP contribution in [0.25, 0.3) is 28.0 Å². The first-order valence-corrected chi connectivity index (χ1v) is 10.1. The second kappa shape index (κ2) is 7.41. The number of aromatic amines is 1. The predicted molar refractivity (Wildman–Crippen MR) is 119 cm³/mol. The molecule has 3 N–H and O–H groups in total. The summed E-state index contributed by atoms with van der Waals surface area (Å²) in [5.41, 5.74) is 11.5. The van der Waals surface area contributed by atoms with Crippen LogP contribution in [0.2, 0.25) is 0 Å². The molecular formula is C22H22N9O+. The third-order valence-corrected chi connectivity index (χ3v) is 5.34. The number of nitrogens with one attached hydrogen (secondary N) is 1. The maximum Gasteiger partial charge on any atom is 0.411 e. The largest absolute Gasteiger partial charge is 0.411 e. The number of hydrogen-bond acceptors (Lipinski definition) is 6. The maximum atomic E-state index is 13.2. The molecule has 5 aromatic rings. The molecule has 32 heavy (non-hydrogen) atoms. The minimum atomic E-state index is -0.361. The Kier molecular flexibility index (Phi) is 4.54. The van der Waals surface area contributed by atoms with Crippen molar-refractivity contribution in [2.24, 2.45) is 7.05 Å². The van der Waals surface area contributed by atoms with E-state index in [-0.39, 0.29) is 18.2 Å². The van der Waals surface area contributed by atoms with Crippen LogP contribution in [0.5, 0.6) is 0 Å². The number of aryl methyl sites for hydroxylation is 3. The Morgan fingerprint density at radius 2 is 1.78 bits per heavy atom. The van der Waals surface area contributed by atoms with Crippen molar-refractivity contribution >= 4 is 11.6 Å². The number of anilines is 1. The standard InChI is InChI=1S/C22H21N9O/c1-13-9-16(10-14(2)25-13)18-19(15-7-5-4-6-8-15)26-21(23)31-20(18)28-30(22(31)32)11-17-27-24-12-29(17)3/h4-10,12H,11H2,1-3H3,(H2,23,26)/p+1. The molecule has 0 saturated heterocycles. The van der Waals surface area contributed by atoms with Gasteiger partial charge >= 0.3 is 11.6 Å². The van der Waals surface area contributed by atoms with Crippen LogP contribution in [-0.4, -0.2) is 33.9 Å². The molecule has 160 valence electrons. The lowest BCUT2D eigenvalue weighted by Gasteiger charge is -2.10. The molecule has 1 aromatic carbocycles. The second-order valence-electron chi connectivity index (χ2n) is 7.72. The first kappa shape index (κ1) is 19.6. The summed E-state index contributed by atoms with van der Waals surface area (Å²) in [5, 5.41) is 12.6. The molecule has 5 rings (SSSR count). The van der Waals surface area contributed by atoms with Crippen LogP contribution >= 0.6 is 0 Å². The molecule has 4 heterocycles. The molecule has 0 bridgehead atoms. The molecule has 0 amide bonds. The molecular weight excluding hydrogens is 406 g/mol. The monoisotopic (exact) mass is 428 g/mol. The number of nitrogen functional groups attached to an aromatic ring is 1. The van der Waals surface area contributed by atoms with Crippen molar-refractivity contribution in [1.82, 2.24) is 33.9 Å². The van der Waals surface area contributed by atoms with Gasteiger partial charge in [0.1, 0.15) is 18.6 Å². The lowest BCUT2D eigenvalue weighted by molar-refractivity contribution is -0.351. The molecule has 4 aromatic heterocycles. The van der Waals surface area contributed by atoms with E-state index < -0.39 is 0 Å². The molecule has 0 atom stereocenters. The normalized spacial score (nSPS) is 11.3. The van der Waals surface area contributed by atoms with Gasteiger partial charge in [-0.15, -0.1) is 19.7 Å². The Labute approximate surface area is 183 Å². The summed E-state index contributed by atoms with van der Waals surface area (Å²) in [7, 11) is 1.82. The highest BCUT2D eigenvalue weighted by molar-refractivity contribution is 5.88. The average Bonchev–Trinajstić information content (AvgIpc) is 3.31. The van der Waals surface area contributed by atoms with Gasteiger partial charge < -0.3 is 4.57 Å². The minimum absolute atomic E-state index is 0.172. The summed E-state index contributed by atoms with van der Waals surface area (Å²) in [6.45, 7) is 4.05. The van der Waals surface area contributed by atoms with E-state index in [0.717, 1.165) is 33.8 Å². The Morgan fingerprint density at radius 1 is 1.06 bits per heavy atom. The molecule has 10 heteroatoms. The number of H-pyrrole nitrogens is 1. The van der Waals surface area contributed by atoms with E-state index in [2.05, 4.69) is 25.3 Å². The van der Waals surface area contributed by atoms with Crippen LogP contribution in [0, 0.1) is 13.8 Å². The predicted octanol–water partition coefficient (Wildman–Crippen LogP) is 1.41. The van der Waals surface area contributed by atoms with Gasteiger partial charge in [-0.05, 0) is 31.5 Å². The van der Waals surface area contributed by atoms with Gasteiger partial charge in [0.15, 0.2) is 5.82 Å². The van der Waals surface area contributed by atoms with Crippen molar-refractivity contribution in [3.8, 4) is 22.4 Å². The molecule has 0 saturated carbocycles. The number of benzene rings is 1. The lowest BCUT2D eigenvalue weighted by atomic mass is 9.99. The summed E-state index contributed by atoms with van der Waals surface area (Å²) in [5.74, 6) is 0.804. The molecule has 0 radical (unpaired) electrons. The van der Waals surface area contributed by atoms with E-state index in [1.165, 1.54) is 9.08 Å². The summed E-state index contributed by atoms with van der Waals surface area (Å²) in [6, 6.07) is 13.8. The molecule has 0 aliphatic heterocycles. The Morgan fingerprint density at radius 3 is 2.44 bits per heavy atom. The van der Waals surface area contributed by atoms with Gasteiger partial charge in [0.25, 0.3) is 0 Å². The molecule has 0 unspecified atom stereocenters. The summed E-state index contributed by atoms with van der Waals surface area (Å²) < 4.78 is 4.49. The third-order valence-electron chi connectivity index (χ3n) is 5.34. The second-order valence-corrected chi connectivity index (χ2v) is 7.72. The lowest BCUT2D eigenvalue weighted by Crippen LogP contribution is -2.28. The number of rotatable bonds is 4. The van der Waals surface area contributed by atoms with Crippen LogP contribution in [0.4, 0.5) is 5.95 Å². The summed E-state index contributed by atoms with van der Waals surface area (Å²) in [6.07, 6.45) is 1.58. The number of pyridine rings is 1. The van der Waals surface area contributed by atoms with Crippen molar-refractivity contribution in [3.05, 3.63) is 76.5 Å². The quantitative estimate of drug-likeness (QED) is 0.462. The third kappa shape index (κ3) is 3.22. The van der Waals surface area contributed by atoms with Gasteiger partial charge in [0, 0.05) is 24.0 Å². The van der Waals surface area contributed by atoms with Crippen LogP contribution in [0.1, 0.15) is 17.2 Å². The summed E-state index contributed by atoms with van der Waals surface area (Å²) in [4.78, 5) is 21.0. The number of hydrogen-bond donors (Lipinski definition) is 1. The van der Waals surface area contributed by atoms with Gasteiger partial charge in [-0.3, -0.25) is 10.7 Å². The smallest absolute Gasteiger partial charge is 0.319 e. The first-order chi connectivity index (χ1) is 15.4. The van der Waals surface area contributed by atoms with Gasteiger partial charge in [0.05, 0.1) is 5.56 Å². The van der Waals surface area contributed by atoms with Crippen molar-refractivity contribution in [3.63, 3.8) is 0 Å². The number of nitrogens with two attached hydrogens (primary N) is 1. The highest BCUT2D eigenvalue weighted by atomic mass is 16.2. The molecule has 0 aliphatic rings. The highest BCUT2D eigenvalue weighted by Gasteiger charge is 2.26. The fraction of sp³-hybridized carbons (Fsp3) is 0.182. The van der Waals surface area contributed by atoms with Gasteiger partial charge in [0.2, 0.25) is 5.65 Å². The fourth-order valence-corrected chi connectivity index (χ4v) is 3.91. The first-order valence-electron chi connectivity index (χ1n) is 10.1. The van der Waals surface area contributed by atoms with Crippen molar-refractivity contribution in [2.45, 2.75) is 20.4 Å². The highest BCUT2D eigenvalue weighted by Crippen LogP contribution is 2.32. The van der Waals surface area contributed by atoms with Crippen molar-refractivity contribution in [1.29, 1.82) is 0 Å². The molecule has 0 aliphatic carbocycles. The Balaban J connectivity index is 1.84. The van der Waals surface area contributed by atoms with Crippen molar-refractivity contribution < 1.29 is 4.98 Å². The van der Waals surface area contributed by atoms with E-state index in [1.807, 2.05) is 63.4 Å². The summed E-state index contributed by atoms with van der Waals surface area (Å²) >= 11 is 0. The molecule has 10 nitrogen and oxygen atoms in total. The zero-order chi connectivity index (χ0) is 22.4. The number of nitrogens with zero attached hydrogens (tertiary/aromatic N) is 7. The molecule has 0 spiro atoms. The average molecular weight is 428 g/mol. The van der Waals surface area contributed by atoms with Gasteiger partial charge in [-0.1, -0.05) is 30.3 Å². The molecule has 0 fully saturated rings. The Bertz CT molecular complexity index is 1490. The fourth-order valence-electron chi connectivity index (χ4n) is 3.91. The number of aromatic nitrogens is 8. The zero-order valence-corrected chi connectivity index (χ0v) is 17.9. The van der Waals surface area contributed by atoms with Crippen LogP contribution < -0.4 is 16.4 Å². The van der Waals surface area contributed by atoms with E-state index >= 15 is 0 Å². The SMILES string of the molecule is Cc1cc(-c2c(-c3ccccc3)[nH+]c(N)n3c(=O)n(Cc4nncn4C)nc23)cc(C)n1. The van der Waals surface area contributed by atoms with Gasteiger partial charge in [-0.2, -0.15) is 4.68 Å². The maximum absolute atomic E-state index is 13.2. The van der Waals surface area contributed by atoms with E-state index in [4.69, 9.17) is 5.73 Å². The Hall–Kier alpha value is -4.34. The van der Waals surface area contributed by atoms with Crippen LogP contribution in [0.15, 0.2) is 53.6 Å². The minimum Gasteiger partial charge on any atom is -0.319 e. The zero-order valence-electron chi connectivity index (χ0n) is 17.9. The van der Waals surface area contributed by atoms with Crippen molar-refractivity contribution in [2.75, 3.05) is 5.73 Å². The topological polar surface area (TPSA) is 123 Å². The van der Waals surface area contributed by atoms with E-state index in [9.17, 15) is 4.79 Å². The van der Waals surface area contributed by atoms with E-state index in [1.54, 1.807) is 10.9 Å². The van der Waals surface area contributed by atoms with Crippen LogP contribution in [-0.2, 0) is 13.6 Å². The number of fused-ring (bicyclic) bond motifs is 1. The van der Waals surface area contributed by atoms with Crippen LogP contribution in [0.3, 0.4) is 0 Å². The van der Waals surface area contributed by atoms with Gasteiger partial charge in [-0.25, -0.2) is 9.78 Å².